The maximum atomic E-state index is 5.74. The molecule has 7 nitrogen and oxygen atoms in total. The molecule has 0 atom stereocenters. The maximum absolute atomic E-state index is 5.74. The van der Waals surface area contributed by atoms with Gasteiger partial charge in [0, 0.05) is 52.4 Å². The largest absolute Gasteiger partial charge is 0.493 e. The molecular formula is C21H32IN5O2. The van der Waals surface area contributed by atoms with Crippen molar-refractivity contribution in [3.63, 3.8) is 0 Å². The van der Waals surface area contributed by atoms with Crippen LogP contribution in [0.15, 0.2) is 46.1 Å². The molecule has 0 radical (unpaired) electrons. The number of benzene rings is 1. The lowest BCUT2D eigenvalue weighted by molar-refractivity contribution is 0.169. The lowest BCUT2D eigenvalue weighted by atomic mass is 10.2. The van der Waals surface area contributed by atoms with E-state index in [0.29, 0.717) is 5.92 Å². The van der Waals surface area contributed by atoms with Crippen LogP contribution in [0.5, 0.6) is 5.75 Å². The van der Waals surface area contributed by atoms with Crippen molar-refractivity contribution in [2.75, 3.05) is 39.8 Å². The van der Waals surface area contributed by atoms with Crippen molar-refractivity contribution in [2.24, 2.45) is 10.9 Å². The lowest BCUT2D eigenvalue weighted by Gasteiger charge is -2.36. The fourth-order valence-electron chi connectivity index (χ4n) is 3.15. The standard InChI is InChI=1S/C21H31N5O2.HI/c1-17(2)16-27-20-6-4-18(5-7-20)14-23-21(22-3)26-11-9-25(10-12-26)15-19-8-13-28-24-19;/h4-8,13,17H,9-12,14-16H2,1-3H3,(H,22,23);1H. The average molecular weight is 513 g/mol. The van der Waals surface area contributed by atoms with E-state index >= 15 is 0 Å². The first-order valence-corrected chi connectivity index (χ1v) is 9.93. The molecule has 29 heavy (non-hydrogen) atoms. The summed E-state index contributed by atoms with van der Waals surface area (Å²) >= 11 is 0. The fourth-order valence-corrected chi connectivity index (χ4v) is 3.15. The minimum Gasteiger partial charge on any atom is -0.493 e. The number of halogens is 1. The Bertz CT molecular complexity index is 726. The summed E-state index contributed by atoms with van der Waals surface area (Å²) in [4.78, 5) is 9.15. The minimum absolute atomic E-state index is 0. The first kappa shape index (κ1) is 23.5. The number of aliphatic imine (C=N–C) groups is 1. The van der Waals surface area contributed by atoms with Gasteiger partial charge < -0.3 is 19.5 Å². The van der Waals surface area contributed by atoms with Crippen LogP contribution in [-0.4, -0.2) is 60.7 Å². The molecule has 2 heterocycles. The molecule has 1 N–H and O–H groups in total. The summed E-state index contributed by atoms with van der Waals surface area (Å²) in [5.41, 5.74) is 2.19. The Morgan fingerprint density at radius 1 is 1.17 bits per heavy atom. The number of nitrogens with one attached hydrogen (secondary N) is 1. The third-order valence-electron chi connectivity index (χ3n) is 4.72. The van der Waals surface area contributed by atoms with E-state index in [1.54, 1.807) is 6.26 Å². The van der Waals surface area contributed by atoms with Gasteiger partial charge in [0.25, 0.3) is 0 Å². The van der Waals surface area contributed by atoms with E-state index in [1.165, 1.54) is 5.56 Å². The van der Waals surface area contributed by atoms with Crippen molar-refractivity contribution in [3.8, 4) is 5.75 Å². The smallest absolute Gasteiger partial charge is 0.194 e. The quantitative estimate of drug-likeness (QED) is 0.349. The van der Waals surface area contributed by atoms with Gasteiger partial charge in [0.05, 0.1) is 12.3 Å². The van der Waals surface area contributed by atoms with Crippen LogP contribution in [0.3, 0.4) is 0 Å². The van der Waals surface area contributed by atoms with Gasteiger partial charge in [-0.15, -0.1) is 24.0 Å². The van der Waals surface area contributed by atoms with Crippen LogP contribution in [-0.2, 0) is 13.1 Å². The van der Waals surface area contributed by atoms with Gasteiger partial charge in [-0.25, -0.2) is 0 Å². The molecule has 3 rings (SSSR count). The molecule has 1 aromatic heterocycles. The third-order valence-corrected chi connectivity index (χ3v) is 4.72. The molecule has 0 aliphatic carbocycles. The molecule has 1 fully saturated rings. The zero-order chi connectivity index (χ0) is 19.8. The molecular weight excluding hydrogens is 481 g/mol. The Labute approximate surface area is 190 Å². The number of piperazine rings is 1. The van der Waals surface area contributed by atoms with E-state index in [2.05, 4.69) is 51.2 Å². The van der Waals surface area contributed by atoms with Crippen molar-refractivity contribution >= 4 is 29.9 Å². The van der Waals surface area contributed by atoms with E-state index in [4.69, 9.17) is 9.26 Å². The number of nitrogens with zero attached hydrogens (tertiary/aromatic N) is 4. The second-order valence-corrected chi connectivity index (χ2v) is 7.50. The van der Waals surface area contributed by atoms with E-state index in [9.17, 15) is 0 Å². The topological polar surface area (TPSA) is 66.1 Å². The summed E-state index contributed by atoms with van der Waals surface area (Å²) in [7, 11) is 1.84. The summed E-state index contributed by atoms with van der Waals surface area (Å²) < 4.78 is 10.7. The van der Waals surface area contributed by atoms with Crippen LogP contribution < -0.4 is 10.1 Å². The predicted octanol–water partition coefficient (Wildman–Crippen LogP) is 3.22. The normalized spacial score (nSPS) is 15.3. The zero-order valence-electron chi connectivity index (χ0n) is 17.5. The van der Waals surface area contributed by atoms with Crippen LogP contribution in [0.4, 0.5) is 0 Å². The highest BCUT2D eigenvalue weighted by Gasteiger charge is 2.20. The average Bonchev–Trinajstić information content (AvgIpc) is 3.22. The summed E-state index contributed by atoms with van der Waals surface area (Å²) in [5, 5.41) is 7.47. The van der Waals surface area contributed by atoms with Crippen LogP contribution in [0.2, 0.25) is 0 Å². The number of aromatic nitrogens is 1. The van der Waals surface area contributed by atoms with Crippen molar-refractivity contribution in [2.45, 2.75) is 26.9 Å². The van der Waals surface area contributed by atoms with Crippen LogP contribution in [0, 0.1) is 5.92 Å². The number of hydrogen-bond acceptors (Lipinski definition) is 5. The molecule has 1 aliphatic rings. The van der Waals surface area contributed by atoms with E-state index < -0.39 is 0 Å². The van der Waals surface area contributed by atoms with Crippen molar-refractivity contribution in [3.05, 3.63) is 47.9 Å². The second kappa shape index (κ2) is 12.0. The van der Waals surface area contributed by atoms with Gasteiger partial charge in [-0.1, -0.05) is 31.1 Å². The highest BCUT2D eigenvalue weighted by atomic mass is 127. The Balaban J connectivity index is 0.00000300. The highest BCUT2D eigenvalue weighted by Crippen LogP contribution is 2.13. The number of ether oxygens (including phenoxy) is 1. The third kappa shape index (κ3) is 7.50. The van der Waals surface area contributed by atoms with Crippen molar-refractivity contribution < 1.29 is 9.26 Å². The number of rotatable bonds is 7. The minimum atomic E-state index is 0. The first-order chi connectivity index (χ1) is 13.6. The van der Waals surface area contributed by atoms with Gasteiger partial charge in [0.15, 0.2) is 5.96 Å². The van der Waals surface area contributed by atoms with Gasteiger partial charge in [-0.3, -0.25) is 9.89 Å². The molecule has 1 aliphatic heterocycles. The molecule has 0 unspecified atom stereocenters. The summed E-state index contributed by atoms with van der Waals surface area (Å²) in [6.45, 7) is 10.5. The predicted molar refractivity (Wildman–Crippen MR) is 126 cm³/mol. The number of hydrogen-bond donors (Lipinski definition) is 1. The molecule has 0 amide bonds. The molecule has 0 saturated carbocycles. The second-order valence-electron chi connectivity index (χ2n) is 7.50. The Morgan fingerprint density at radius 2 is 1.90 bits per heavy atom. The van der Waals surface area contributed by atoms with Crippen LogP contribution >= 0.6 is 24.0 Å². The molecule has 1 aromatic carbocycles. The molecule has 2 aromatic rings. The van der Waals surface area contributed by atoms with Gasteiger partial charge in [-0.05, 0) is 23.6 Å². The maximum Gasteiger partial charge on any atom is 0.194 e. The van der Waals surface area contributed by atoms with Gasteiger partial charge in [0.1, 0.15) is 12.0 Å². The van der Waals surface area contributed by atoms with Crippen molar-refractivity contribution in [1.29, 1.82) is 0 Å². The van der Waals surface area contributed by atoms with Gasteiger partial charge >= 0.3 is 0 Å². The summed E-state index contributed by atoms with van der Waals surface area (Å²) in [5.74, 6) is 2.40. The Hall–Kier alpha value is -1.81. The number of guanidine groups is 1. The molecule has 1 saturated heterocycles. The van der Waals surface area contributed by atoms with Gasteiger partial charge in [0.2, 0.25) is 0 Å². The van der Waals surface area contributed by atoms with E-state index in [1.807, 2.05) is 25.2 Å². The monoisotopic (exact) mass is 513 g/mol. The van der Waals surface area contributed by atoms with Crippen LogP contribution in [0.1, 0.15) is 25.1 Å². The highest BCUT2D eigenvalue weighted by molar-refractivity contribution is 14.0. The van der Waals surface area contributed by atoms with Crippen molar-refractivity contribution in [1.82, 2.24) is 20.3 Å². The molecule has 160 valence electrons. The molecule has 0 spiro atoms. The lowest BCUT2D eigenvalue weighted by Crippen LogP contribution is -2.52. The fraction of sp³-hybridized carbons (Fsp3) is 0.524. The van der Waals surface area contributed by atoms with E-state index in [0.717, 1.165) is 63.3 Å². The Morgan fingerprint density at radius 3 is 2.48 bits per heavy atom. The van der Waals surface area contributed by atoms with E-state index in [-0.39, 0.29) is 24.0 Å². The first-order valence-electron chi connectivity index (χ1n) is 9.93. The SMILES string of the molecule is CN=C(NCc1ccc(OCC(C)C)cc1)N1CCN(Cc2ccon2)CC1.I. The molecule has 0 bridgehead atoms. The van der Waals surface area contributed by atoms with Gasteiger partial charge in [-0.2, -0.15) is 0 Å². The summed E-state index contributed by atoms with van der Waals surface area (Å²) in [6.07, 6.45) is 1.63. The molecule has 8 heteroatoms. The van der Waals surface area contributed by atoms with Crippen LogP contribution in [0.25, 0.3) is 0 Å². The zero-order valence-corrected chi connectivity index (χ0v) is 19.8. The summed E-state index contributed by atoms with van der Waals surface area (Å²) in [6, 6.07) is 10.2. The Kier molecular flexibility index (Phi) is 9.72.